The van der Waals surface area contributed by atoms with Gasteiger partial charge in [0.1, 0.15) is 11.6 Å². The molecule has 0 aromatic heterocycles. The third kappa shape index (κ3) is 1.15. The van der Waals surface area contributed by atoms with Crippen molar-refractivity contribution in [3.63, 3.8) is 0 Å². The minimum absolute atomic E-state index is 0.302. The number of ether oxygens (including phenoxy) is 3. The standard InChI is InChI=1S/C11H12N2O3/c1-14-7-2-3-9-8(6-7)10(12)13-11(9)15-4-5-16-11/h2-3,6H,4-5H2,1H3,(H2,12,13). The van der Waals surface area contributed by atoms with E-state index in [4.69, 9.17) is 19.6 Å². The molecule has 1 aromatic carbocycles. The molecular formula is C11H12N2O3. The molecule has 5 nitrogen and oxygen atoms in total. The van der Waals surface area contributed by atoms with Crippen LogP contribution in [0, 0.1) is 5.41 Å². The van der Waals surface area contributed by atoms with Crippen molar-refractivity contribution >= 4 is 5.84 Å². The zero-order valence-electron chi connectivity index (χ0n) is 8.87. The zero-order valence-corrected chi connectivity index (χ0v) is 8.87. The van der Waals surface area contributed by atoms with Crippen molar-refractivity contribution < 1.29 is 14.2 Å². The first-order valence-electron chi connectivity index (χ1n) is 5.09. The lowest BCUT2D eigenvalue weighted by molar-refractivity contribution is -0.173. The summed E-state index contributed by atoms with van der Waals surface area (Å²) in [7, 11) is 1.60. The summed E-state index contributed by atoms with van der Waals surface area (Å²) in [5.74, 6) is 0.0785. The smallest absolute Gasteiger partial charge is 0.279 e. The van der Waals surface area contributed by atoms with E-state index >= 15 is 0 Å². The fraction of sp³-hybridized carbons (Fsp3) is 0.364. The minimum atomic E-state index is -0.946. The molecule has 0 aliphatic carbocycles. The van der Waals surface area contributed by atoms with E-state index in [9.17, 15) is 0 Å². The molecule has 84 valence electrons. The fourth-order valence-electron chi connectivity index (χ4n) is 2.08. The molecule has 1 spiro atoms. The molecule has 0 amide bonds. The van der Waals surface area contributed by atoms with Gasteiger partial charge in [0.05, 0.1) is 20.3 Å². The molecule has 2 N–H and O–H groups in total. The maximum absolute atomic E-state index is 7.87. The highest BCUT2D eigenvalue weighted by Crippen LogP contribution is 2.37. The quantitative estimate of drug-likeness (QED) is 0.734. The first-order chi connectivity index (χ1) is 7.75. The number of methoxy groups -OCH3 is 1. The summed E-state index contributed by atoms with van der Waals surface area (Å²) in [5, 5.41) is 10.8. The highest BCUT2D eigenvalue weighted by molar-refractivity contribution is 6.01. The van der Waals surface area contributed by atoms with Gasteiger partial charge in [0, 0.05) is 11.1 Å². The second kappa shape index (κ2) is 3.20. The Morgan fingerprint density at radius 1 is 1.38 bits per heavy atom. The van der Waals surface area contributed by atoms with Crippen LogP contribution in [0.4, 0.5) is 0 Å². The van der Waals surface area contributed by atoms with Crippen LogP contribution in [0.15, 0.2) is 18.2 Å². The molecule has 0 radical (unpaired) electrons. The van der Waals surface area contributed by atoms with Gasteiger partial charge in [0.2, 0.25) is 0 Å². The summed E-state index contributed by atoms with van der Waals surface area (Å²) in [6, 6.07) is 5.52. The number of hydrogen-bond donors (Lipinski definition) is 2. The second-order valence-corrected chi connectivity index (χ2v) is 3.73. The Kier molecular flexibility index (Phi) is 1.92. The minimum Gasteiger partial charge on any atom is -0.497 e. The summed E-state index contributed by atoms with van der Waals surface area (Å²) in [5.41, 5.74) is 1.61. The zero-order chi connectivity index (χ0) is 11.2. The number of benzene rings is 1. The monoisotopic (exact) mass is 220 g/mol. The molecule has 1 saturated heterocycles. The predicted molar refractivity (Wildman–Crippen MR) is 56.5 cm³/mol. The van der Waals surface area contributed by atoms with Crippen LogP contribution in [-0.4, -0.2) is 26.2 Å². The van der Waals surface area contributed by atoms with E-state index in [1.54, 1.807) is 7.11 Å². The molecule has 2 heterocycles. The molecule has 16 heavy (non-hydrogen) atoms. The van der Waals surface area contributed by atoms with Gasteiger partial charge in [-0.2, -0.15) is 0 Å². The predicted octanol–water partition coefficient (Wildman–Crippen LogP) is 0.781. The average molecular weight is 220 g/mol. The van der Waals surface area contributed by atoms with Crippen molar-refractivity contribution in [3.8, 4) is 5.75 Å². The number of fused-ring (bicyclic) bond motifs is 2. The van der Waals surface area contributed by atoms with Gasteiger partial charge >= 0.3 is 0 Å². The molecule has 0 unspecified atom stereocenters. The van der Waals surface area contributed by atoms with Crippen LogP contribution < -0.4 is 10.1 Å². The largest absolute Gasteiger partial charge is 0.497 e. The van der Waals surface area contributed by atoms with Crippen LogP contribution in [0.25, 0.3) is 0 Å². The Morgan fingerprint density at radius 3 is 2.81 bits per heavy atom. The van der Waals surface area contributed by atoms with Gasteiger partial charge in [-0.15, -0.1) is 0 Å². The molecule has 1 fully saturated rings. The molecule has 2 aliphatic rings. The van der Waals surface area contributed by atoms with E-state index in [0.717, 1.165) is 16.9 Å². The van der Waals surface area contributed by atoms with Crippen molar-refractivity contribution in [2.45, 2.75) is 5.91 Å². The topological polar surface area (TPSA) is 63.6 Å². The Balaban J connectivity index is 2.12. The van der Waals surface area contributed by atoms with E-state index in [1.165, 1.54) is 0 Å². The number of nitrogens with one attached hydrogen (secondary N) is 2. The highest BCUT2D eigenvalue weighted by atomic mass is 16.8. The van der Waals surface area contributed by atoms with Crippen molar-refractivity contribution in [2.75, 3.05) is 20.3 Å². The number of rotatable bonds is 1. The van der Waals surface area contributed by atoms with E-state index < -0.39 is 5.91 Å². The lowest BCUT2D eigenvalue weighted by Gasteiger charge is -2.22. The van der Waals surface area contributed by atoms with E-state index in [2.05, 4.69) is 5.32 Å². The first-order valence-corrected chi connectivity index (χ1v) is 5.09. The van der Waals surface area contributed by atoms with Crippen LogP contribution in [0.2, 0.25) is 0 Å². The SMILES string of the molecule is COc1ccc2c(c1)C(=N)NC21OCCO1. The van der Waals surface area contributed by atoms with Crippen LogP contribution in [0.1, 0.15) is 11.1 Å². The van der Waals surface area contributed by atoms with E-state index in [0.29, 0.717) is 19.0 Å². The van der Waals surface area contributed by atoms with Gasteiger partial charge in [-0.1, -0.05) is 0 Å². The molecule has 5 heteroatoms. The van der Waals surface area contributed by atoms with Crippen molar-refractivity contribution in [1.29, 1.82) is 5.41 Å². The lowest BCUT2D eigenvalue weighted by atomic mass is 10.1. The molecule has 1 aromatic rings. The summed E-state index contributed by atoms with van der Waals surface area (Å²) in [6.07, 6.45) is 0. The van der Waals surface area contributed by atoms with Crippen LogP contribution in [0.5, 0.6) is 5.75 Å². The number of hydrogen-bond acceptors (Lipinski definition) is 4. The van der Waals surface area contributed by atoms with Crippen molar-refractivity contribution in [1.82, 2.24) is 5.32 Å². The molecule has 3 rings (SSSR count). The van der Waals surface area contributed by atoms with Crippen LogP contribution in [-0.2, 0) is 15.4 Å². The molecular weight excluding hydrogens is 208 g/mol. The third-order valence-electron chi connectivity index (χ3n) is 2.83. The molecule has 2 aliphatic heterocycles. The second-order valence-electron chi connectivity index (χ2n) is 3.73. The van der Waals surface area contributed by atoms with Gasteiger partial charge in [0.25, 0.3) is 5.91 Å². The van der Waals surface area contributed by atoms with Gasteiger partial charge < -0.3 is 19.5 Å². The summed E-state index contributed by atoms with van der Waals surface area (Å²) in [6.45, 7) is 1.07. The van der Waals surface area contributed by atoms with Crippen LogP contribution >= 0.6 is 0 Å². The first kappa shape index (κ1) is 9.62. The van der Waals surface area contributed by atoms with E-state index in [1.807, 2.05) is 18.2 Å². The molecule has 0 saturated carbocycles. The highest BCUT2D eigenvalue weighted by Gasteiger charge is 2.46. The normalized spacial score (nSPS) is 20.9. The van der Waals surface area contributed by atoms with Gasteiger partial charge in [-0.25, -0.2) is 0 Å². The van der Waals surface area contributed by atoms with E-state index in [-0.39, 0.29) is 0 Å². The van der Waals surface area contributed by atoms with Gasteiger partial charge in [-0.05, 0) is 18.2 Å². The molecule has 0 bridgehead atoms. The Bertz CT molecular complexity index is 453. The fourth-order valence-corrected chi connectivity index (χ4v) is 2.08. The Labute approximate surface area is 92.8 Å². The summed E-state index contributed by atoms with van der Waals surface area (Å²) < 4.78 is 16.2. The molecule has 0 atom stereocenters. The summed E-state index contributed by atoms with van der Waals surface area (Å²) in [4.78, 5) is 0. The third-order valence-corrected chi connectivity index (χ3v) is 2.83. The number of amidine groups is 1. The maximum Gasteiger partial charge on any atom is 0.279 e. The maximum atomic E-state index is 7.87. The van der Waals surface area contributed by atoms with Crippen molar-refractivity contribution in [3.05, 3.63) is 29.3 Å². The van der Waals surface area contributed by atoms with Gasteiger partial charge in [0.15, 0.2) is 0 Å². The average Bonchev–Trinajstić information content (AvgIpc) is 2.87. The van der Waals surface area contributed by atoms with Gasteiger partial charge in [-0.3, -0.25) is 5.41 Å². The Morgan fingerprint density at radius 2 is 2.12 bits per heavy atom. The Hall–Kier alpha value is -1.59. The lowest BCUT2D eigenvalue weighted by Crippen LogP contribution is -2.40. The van der Waals surface area contributed by atoms with Crippen molar-refractivity contribution in [2.24, 2.45) is 0 Å². The van der Waals surface area contributed by atoms with Crippen LogP contribution in [0.3, 0.4) is 0 Å². The summed E-state index contributed by atoms with van der Waals surface area (Å²) >= 11 is 0.